The molecule has 0 fully saturated rings. The van der Waals surface area contributed by atoms with E-state index < -0.39 is 17.3 Å². The lowest BCUT2D eigenvalue weighted by Crippen LogP contribution is -2.24. The third kappa shape index (κ3) is 3.95. The monoisotopic (exact) mass is 457 g/mol. The second-order valence-electron chi connectivity index (χ2n) is 7.67. The van der Waals surface area contributed by atoms with E-state index in [1.807, 2.05) is 19.0 Å². The third-order valence-corrected chi connectivity index (χ3v) is 6.09. The molecule has 1 aliphatic heterocycles. The highest BCUT2D eigenvalue weighted by molar-refractivity contribution is 7.14. The summed E-state index contributed by atoms with van der Waals surface area (Å²) in [7, 11) is 3.74. The normalized spacial score (nSPS) is 16.8. The van der Waals surface area contributed by atoms with Gasteiger partial charge in [0.05, 0.1) is 22.2 Å². The second kappa shape index (κ2) is 7.98. The largest absolute Gasteiger partial charge is 0.491 e. The maximum Gasteiger partial charge on any atom is 0.277 e. The predicted molar refractivity (Wildman–Crippen MR) is 113 cm³/mol. The second-order valence-corrected chi connectivity index (χ2v) is 8.70. The van der Waals surface area contributed by atoms with Crippen molar-refractivity contribution in [3.63, 3.8) is 0 Å². The Kier molecular flexibility index (Phi) is 5.46. The Balaban J connectivity index is 1.82. The third-order valence-electron chi connectivity index (χ3n) is 4.91. The maximum absolute atomic E-state index is 14.8. The molecule has 2 atom stereocenters. The van der Waals surface area contributed by atoms with Gasteiger partial charge in [-0.15, -0.1) is 11.3 Å². The summed E-state index contributed by atoms with van der Waals surface area (Å²) in [5.41, 5.74) is 4.67. The van der Waals surface area contributed by atoms with Crippen molar-refractivity contribution in [2.45, 2.75) is 25.5 Å². The number of carbonyl (C=O) groups excluding carboxylic acids is 1. The molecule has 9 nitrogen and oxygen atoms in total. The Bertz CT molecular complexity index is 1270. The Labute approximate surface area is 187 Å². The molecule has 2 aromatic heterocycles. The number of aryl methyl sites for hydroxylation is 1. The average molecular weight is 457 g/mol. The van der Waals surface area contributed by atoms with Crippen molar-refractivity contribution in [1.29, 1.82) is 0 Å². The van der Waals surface area contributed by atoms with Crippen molar-refractivity contribution >= 4 is 17.2 Å². The zero-order valence-electron chi connectivity index (χ0n) is 17.8. The number of aliphatic hydroxyl groups is 1. The Morgan fingerprint density at radius 2 is 2.16 bits per heavy atom. The summed E-state index contributed by atoms with van der Waals surface area (Å²) < 4.78 is 25.6. The van der Waals surface area contributed by atoms with Crippen LogP contribution in [0.4, 0.5) is 4.39 Å². The fourth-order valence-electron chi connectivity index (χ4n) is 3.18. The number of likely N-dealkylation sites (N-methyl/N-ethyl adjacent to an activating group) is 1. The number of hydrogen-bond acceptors (Lipinski definition) is 9. The molecule has 11 heteroatoms. The van der Waals surface area contributed by atoms with Crippen LogP contribution in [0.5, 0.6) is 5.75 Å². The Morgan fingerprint density at radius 1 is 1.41 bits per heavy atom. The van der Waals surface area contributed by atoms with Gasteiger partial charge in [-0.05, 0) is 27.1 Å². The number of carbonyl (C=O) groups is 1. The molecule has 0 aliphatic carbocycles. The van der Waals surface area contributed by atoms with E-state index in [1.54, 1.807) is 6.92 Å². The van der Waals surface area contributed by atoms with Gasteiger partial charge in [0.15, 0.2) is 10.6 Å². The molecule has 1 amide bonds. The first-order valence-corrected chi connectivity index (χ1v) is 10.4. The molecular formula is C21H20FN5O4S. The minimum absolute atomic E-state index is 0.00993. The summed E-state index contributed by atoms with van der Waals surface area (Å²) in [6, 6.07) is 2.50. The molecule has 1 aromatic carbocycles. The number of nitrogens with zero attached hydrogens (tertiary/aromatic N) is 4. The van der Waals surface area contributed by atoms with Gasteiger partial charge in [0.25, 0.3) is 5.91 Å². The summed E-state index contributed by atoms with van der Waals surface area (Å²) in [6.07, 6.45) is 0. The van der Waals surface area contributed by atoms with E-state index in [0.717, 1.165) is 4.88 Å². The van der Waals surface area contributed by atoms with Crippen LogP contribution < -0.4 is 10.5 Å². The van der Waals surface area contributed by atoms with Crippen molar-refractivity contribution in [1.82, 2.24) is 20.0 Å². The first kappa shape index (κ1) is 21.9. The number of fused-ring (bicyclic) bond motifs is 3. The first-order chi connectivity index (χ1) is 15.1. The van der Waals surface area contributed by atoms with Gasteiger partial charge in [-0.2, -0.15) is 4.98 Å². The van der Waals surface area contributed by atoms with E-state index >= 15 is 0 Å². The van der Waals surface area contributed by atoms with Crippen LogP contribution in [0.3, 0.4) is 0 Å². The van der Waals surface area contributed by atoms with Crippen LogP contribution in [0.1, 0.15) is 44.9 Å². The van der Waals surface area contributed by atoms with E-state index in [2.05, 4.69) is 27.0 Å². The molecule has 3 heterocycles. The molecule has 0 saturated carbocycles. The zero-order chi connectivity index (χ0) is 23.2. The van der Waals surface area contributed by atoms with Crippen LogP contribution in [0, 0.1) is 24.6 Å². The van der Waals surface area contributed by atoms with Crippen molar-refractivity contribution in [3.05, 3.63) is 45.1 Å². The lowest BCUT2D eigenvalue weighted by atomic mass is 10.0. The standard InChI is InChI=1S/C21H20FN5O4S/c1-10-24-20(26-31-10)21(2,29)6-5-11-7-12-15(8-13(11)22)30-9-14(27(3)4)17-16(12)25-19(32-17)18(23)28/h7-8,14,29H,9H2,1-4H3,(H2,23,28)/t14?,21-/m1/s1. The summed E-state index contributed by atoms with van der Waals surface area (Å²) in [5.74, 6) is 4.48. The van der Waals surface area contributed by atoms with E-state index in [0.29, 0.717) is 11.3 Å². The molecule has 3 N–H and O–H groups in total. The number of benzene rings is 1. The van der Waals surface area contributed by atoms with Crippen LogP contribution in [-0.2, 0) is 5.60 Å². The SMILES string of the molecule is Cc1nc([C@](C)(O)C#Cc2cc3c(cc2F)OCC(N(C)C)c2sc(C(N)=O)nc2-3)no1. The van der Waals surface area contributed by atoms with Gasteiger partial charge in [-0.3, -0.25) is 9.69 Å². The predicted octanol–water partition coefficient (Wildman–Crippen LogP) is 1.99. The number of primary amides is 1. The molecule has 0 bridgehead atoms. The Morgan fingerprint density at radius 3 is 2.78 bits per heavy atom. The number of amides is 1. The van der Waals surface area contributed by atoms with E-state index in [4.69, 9.17) is 15.0 Å². The lowest BCUT2D eigenvalue weighted by molar-refractivity contribution is 0.0999. The van der Waals surface area contributed by atoms with Crippen molar-refractivity contribution in [3.8, 4) is 28.8 Å². The number of nitrogens with two attached hydrogens (primary N) is 1. The number of ether oxygens (including phenoxy) is 1. The molecule has 166 valence electrons. The molecule has 1 aliphatic rings. The van der Waals surface area contributed by atoms with E-state index in [-0.39, 0.29) is 40.7 Å². The molecule has 3 aromatic rings. The minimum Gasteiger partial charge on any atom is -0.491 e. The number of rotatable bonds is 3. The molecule has 1 unspecified atom stereocenters. The van der Waals surface area contributed by atoms with Crippen molar-refractivity contribution in [2.75, 3.05) is 20.7 Å². The highest BCUT2D eigenvalue weighted by atomic mass is 32.1. The first-order valence-electron chi connectivity index (χ1n) is 9.57. The van der Waals surface area contributed by atoms with Gasteiger partial charge in [0.1, 0.15) is 18.2 Å². The van der Waals surface area contributed by atoms with Gasteiger partial charge < -0.3 is 20.1 Å². The zero-order valence-corrected chi connectivity index (χ0v) is 18.6. The average Bonchev–Trinajstić information content (AvgIpc) is 3.32. The van der Waals surface area contributed by atoms with Crippen LogP contribution in [-0.4, -0.2) is 51.7 Å². The summed E-state index contributed by atoms with van der Waals surface area (Å²) in [4.78, 5) is 22.8. The number of hydrogen-bond donors (Lipinski definition) is 2. The van der Waals surface area contributed by atoms with Crippen molar-refractivity contribution in [2.24, 2.45) is 5.73 Å². The minimum atomic E-state index is -1.76. The molecular weight excluding hydrogens is 437 g/mol. The van der Waals surface area contributed by atoms with Crippen LogP contribution in [0.2, 0.25) is 0 Å². The van der Waals surface area contributed by atoms with Gasteiger partial charge in [0, 0.05) is 18.6 Å². The van der Waals surface area contributed by atoms with Gasteiger partial charge >= 0.3 is 0 Å². The Hall–Kier alpha value is -3.33. The quantitative estimate of drug-likeness (QED) is 0.572. The number of thiazole rings is 1. The number of aromatic nitrogens is 3. The van der Waals surface area contributed by atoms with E-state index in [1.165, 1.54) is 30.4 Å². The van der Waals surface area contributed by atoms with Crippen LogP contribution in [0.15, 0.2) is 16.7 Å². The summed E-state index contributed by atoms with van der Waals surface area (Å²) >= 11 is 1.18. The molecule has 0 spiro atoms. The van der Waals surface area contributed by atoms with Gasteiger partial charge in [0.2, 0.25) is 11.7 Å². The molecule has 32 heavy (non-hydrogen) atoms. The lowest BCUT2D eigenvalue weighted by Gasteiger charge is -2.21. The maximum atomic E-state index is 14.8. The highest BCUT2D eigenvalue weighted by Crippen LogP contribution is 2.43. The number of halogens is 1. The highest BCUT2D eigenvalue weighted by Gasteiger charge is 2.31. The smallest absolute Gasteiger partial charge is 0.277 e. The van der Waals surface area contributed by atoms with Gasteiger partial charge in [-0.1, -0.05) is 17.0 Å². The topological polar surface area (TPSA) is 128 Å². The molecule has 4 rings (SSSR count). The molecule has 0 saturated heterocycles. The molecule has 0 radical (unpaired) electrons. The fraction of sp³-hybridized carbons (Fsp3) is 0.333. The van der Waals surface area contributed by atoms with Gasteiger partial charge in [-0.25, -0.2) is 9.37 Å². The van der Waals surface area contributed by atoms with E-state index in [9.17, 15) is 14.3 Å². The summed E-state index contributed by atoms with van der Waals surface area (Å²) in [5, 5.41) is 14.4. The van der Waals surface area contributed by atoms with Crippen LogP contribution >= 0.6 is 11.3 Å². The fourth-order valence-corrected chi connectivity index (χ4v) is 4.29. The summed E-state index contributed by atoms with van der Waals surface area (Å²) in [6.45, 7) is 3.21. The van der Waals surface area contributed by atoms with Crippen molar-refractivity contribution < 1.29 is 23.6 Å². The van der Waals surface area contributed by atoms with Crippen LogP contribution in [0.25, 0.3) is 11.3 Å².